The van der Waals surface area contributed by atoms with Crippen molar-refractivity contribution >= 4 is 5.91 Å². The van der Waals surface area contributed by atoms with E-state index in [1.54, 1.807) is 7.05 Å². The Morgan fingerprint density at radius 3 is 2.67 bits per heavy atom. The highest BCUT2D eigenvalue weighted by molar-refractivity contribution is 5.78. The van der Waals surface area contributed by atoms with Crippen LogP contribution in [-0.4, -0.2) is 13.0 Å². The summed E-state index contributed by atoms with van der Waals surface area (Å²) in [7, 11) is 1.74. The second-order valence-electron chi connectivity index (χ2n) is 4.50. The lowest BCUT2D eigenvalue weighted by Crippen LogP contribution is -2.28. The van der Waals surface area contributed by atoms with Gasteiger partial charge in [0.1, 0.15) is 0 Å². The van der Waals surface area contributed by atoms with E-state index in [9.17, 15) is 4.79 Å². The fourth-order valence-corrected chi connectivity index (χ4v) is 2.46. The normalized spacial score (nSPS) is 19.6. The fraction of sp³-hybridized carbons (Fsp3) is 0.769. The van der Waals surface area contributed by atoms with E-state index in [4.69, 9.17) is 0 Å². The first-order valence-corrected chi connectivity index (χ1v) is 6.10. The van der Waals surface area contributed by atoms with Crippen LogP contribution in [0, 0.1) is 11.8 Å². The molecule has 1 fully saturated rings. The molecule has 1 saturated carbocycles. The fourth-order valence-electron chi connectivity index (χ4n) is 2.46. The Hall–Kier alpha value is -0.790. The lowest BCUT2D eigenvalue weighted by Gasteiger charge is -2.17. The molecule has 1 unspecified atom stereocenters. The van der Waals surface area contributed by atoms with Gasteiger partial charge >= 0.3 is 0 Å². The minimum absolute atomic E-state index is 0.189. The van der Waals surface area contributed by atoms with E-state index >= 15 is 0 Å². The molecule has 1 amide bonds. The van der Waals surface area contributed by atoms with Crippen molar-refractivity contribution in [3.63, 3.8) is 0 Å². The van der Waals surface area contributed by atoms with Crippen LogP contribution in [0.15, 0.2) is 12.2 Å². The summed E-state index contributed by atoms with van der Waals surface area (Å²) >= 11 is 0. The van der Waals surface area contributed by atoms with Crippen LogP contribution >= 0.6 is 0 Å². The number of nitrogens with one attached hydrogen (secondary N) is 1. The number of hydrogen-bond acceptors (Lipinski definition) is 1. The number of rotatable bonds is 5. The molecule has 0 heterocycles. The molecule has 1 aliphatic rings. The maximum atomic E-state index is 11.7. The average molecular weight is 209 g/mol. The Morgan fingerprint density at radius 2 is 2.13 bits per heavy atom. The molecule has 15 heavy (non-hydrogen) atoms. The largest absolute Gasteiger partial charge is 0.359 e. The van der Waals surface area contributed by atoms with Gasteiger partial charge in [-0.3, -0.25) is 4.79 Å². The van der Waals surface area contributed by atoms with E-state index in [1.165, 1.54) is 25.7 Å². The van der Waals surface area contributed by atoms with Crippen LogP contribution in [-0.2, 0) is 4.79 Å². The molecule has 0 aromatic heterocycles. The number of allylic oxidation sites excluding steroid dienone is 2. The second kappa shape index (κ2) is 6.65. The van der Waals surface area contributed by atoms with Gasteiger partial charge in [0.2, 0.25) is 5.91 Å². The lowest BCUT2D eigenvalue weighted by atomic mass is 9.90. The SMILES string of the molecule is C/C=C/CC(CC1CCCC1)C(=O)NC. The van der Waals surface area contributed by atoms with Crippen molar-refractivity contribution in [2.45, 2.75) is 45.4 Å². The van der Waals surface area contributed by atoms with Crippen molar-refractivity contribution in [2.75, 3.05) is 7.05 Å². The van der Waals surface area contributed by atoms with E-state index in [1.807, 2.05) is 13.0 Å². The molecule has 0 spiro atoms. The van der Waals surface area contributed by atoms with Gasteiger partial charge in [-0.2, -0.15) is 0 Å². The zero-order valence-corrected chi connectivity index (χ0v) is 9.96. The van der Waals surface area contributed by atoms with Gasteiger partial charge < -0.3 is 5.32 Å². The van der Waals surface area contributed by atoms with Gasteiger partial charge in [-0.05, 0) is 25.7 Å². The summed E-state index contributed by atoms with van der Waals surface area (Å²) in [5.41, 5.74) is 0. The van der Waals surface area contributed by atoms with Gasteiger partial charge in [0.05, 0.1) is 0 Å². The van der Waals surface area contributed by atoms with Crippen molar-refractivity contribution in [1.29, 1.82) is 0 Å². The minimum Gasteiger partial charge on any atom is -0.359 e. The van der Waals surface area contributed by atoms with Crippen LogP contribution in [0.3, 0.4) is 0 Å². The van der Waals surface area contributed by atoms with Gasteiger partial charge in [0.15, 0.2) is 0 Å². The first kappa shape index (κ1) is 12.3. The van der Waals surface area contributed by atoms with Crippen molar-refractivity contribution in [3.05, 3.63) is 12.2 Å². The molecule has 0 bridgehead atoms. The highest BCUT2D eigenvalue weighted by atomic mass is 16.1. The van der Waals surface area contributed by atoms with Crippen LogP contribution in [0.5, 0.6) is 0 Å². The summed E-state index contributed by atoms with van der Waals surface area (Å²) in [5, 5.41) is 2.78. The van der Waals surface area contributed by atoms with Gasteiger partial charge in [-0.25, -0.2) is 0 Å². The Bertz CT molecular complexity index is 217. The Labute approximate surface area is 93.1 Å². The monoisotopic (exact) mass is 209 g/mol. The number of carbonyl (C=O) groups is 1. The first-order valence-electron chi connectivity index (χ1n) is 6.10. The summed E-state index contributed by atoms with van der Waals surface area (Å²) in [6.07, 6.45) is 11.5. The molecule has 0 aromatic carbocycles. The number of carbonyl (C=O) groups excluding carboxylic acids is 1. The zero-order valence-electron chi connectivity index (χ0n) is 9.96. The third kappa shape index (κ3) is 4.06. The molecule has 0 radical (unpaired) electrons. The zero-order chi connectivity index (χ0) is 11.1. The summed E-state index contributed by atoms with van der Waals surface area (Å²) < 4.78 is 0. The topological polar surface area (TPSA) is 29.1 Å². The lowest BCUT2D eigenvalue weighted by molar-refractivity contribution is -0.124. The molecular formula is C13H23NO. The quantitative estimate of drug-likeness (QED) is 0.693. The predicted octanol–water partition coefficient (Wildman–Crippen LogP) is 2.90. The van der Waals surface area contributed by atoms with Crippen molar-refractivity contribution in [2.24, 2.45) is 11.8 Å². The van der Waals surface area contributed by atoms with E-state index in [-0.39, 0.29) is 11.8 Å². The van der Waals surface area contributed by atoms with Gasteiger partial charge in [0, 0.05) is 13.0 Å². The molecule has 2 nitrogen and oxygen atoms in total. The Kier molecular flexibility index (Phi) is 5.44. The molecule has 0 saturated heterocycles. The van der Waals surface area contributed by atoms with E-state index in [0.717, 1.165) is 18.8 Å². The number of amides is 1. The molecule has 2 heteroatoms. The Balaban J connectivity index is 2.43. The molecule has 1 atom stereocenters. The minimum atomic E-state index is 0.189. The third-order valence-corrected chi connectivity index (χ3v) is 3.37. The third-order valence-electron chi connectivity index (χ3n) is 3.37. The smallest absolute Gasteiger partial charge is 0.223 e. The molecule has 1 N–H and O–H groups in total. The summed E-state index contributed by atoms with van der Waals surface area (Å²) in [4.78, 5) is 11.7. The molecule has 0 aromatic rings. The van der Waals surface area contributed by atoms with Gasteiger partial charge in [0.25, 0.3) is 0 Å². The van der Waals surface area contributed by atoms with Crippen molar-refractivity contribution < 1.29 is 4.79 Å². The van der Waals surface area contributed by atoms with Gasteiger partial charge in [-0.15, -0.1) is 0 Å². The molecule has 86 valence electrons. The van der Waals surface area contributed by atoms with Crippen LogP contribution in [0.25, 0.3) is 0 Å². The van der Waals surface area contributed by atoms with Gasteiger partial charge in [-0.1, -0.05) is 37.8 Å². The maximum Gasteiger partial charge on any atom is 0.223 e. The summed E-state index contributed by atoms with van der Waals surface area (Å²) in [5.74, 6) is 1.19. The average Bonchev–Trinajstić information content (AvgIpc) is 2.75. The van der Waals surface area contributed by atoms with Crippen molar-refractivity contribution in [3.8, 4) is 0 Å². The molecule has 1 rings (SSSR count). The Morgan fingerprint density at radius 1 is 1.47 bits per heavy atom. The van der Waals surface area contributed by atoms with Crippen LogP contribution in [0.1, 0.15) is 45.4 Å². The highest BCUT2D eigenvalue weighted by Gasteiger charge is 2.23. The van der Waals surface area contributed by atoms with Crippen molar-refractivity contribution in [1.82, 2.24) is 5.32 Å². The van der Waals surface area contributed by atoms with E-state index < -0.39 is 0 Å². The predicted molar refractivity (Wildman–Crippen MR) is 63.6 cm³/mol. The second-order valence-corrected chi connectivity index (χ2v) is 4.50. The number of hydrogen-bond donors (Lipinski definition) is 1. The molecule has 1 aliphatic carbocycles. The standard InChI is InChI=1S/C13H23NO/c1-3-4-9-12(13(15)14-2)10-11-7-5-6-8-11/h3-4,11-12H,5-10H2,1-2H3,(H,14,15)/b4-3+. The molecule has 0 aliphatic heterocycles. The summed E-state index contributed by atoms with van der Waals surface area (Å²) in [6, 6.07) is 0. The maximum absolute atomic E-state index is 11.7. The highest BCUT2D eigenvalue weighted by Crippen LogP contribution is 2.31. The van der Waals surface area contributed by atoms with E-state index in [0.29, 0.717) is 0 Å². The summed E-state index contributed by atoms with van der Waals surface area (Å²) in [6.45, 7) is 2.01. The van der Waals surface area contributed by atoms with E-state index in [2.05, 4.69) is 11.4 Å². The first-order chi connectivity index (χ1) is 7.27. The van der Waals surface area contributed by atoms with Crippen LogP contribution in [0.2, 0.25) is 0 Å². The van der Waals surface area contributed by atoms with Crippen LogP contribution in [0.4, 0.5) is 0 Å². The molecular weight excluding hydrogens is 186 g/mol. The van der Waals surface area contributed by atoms with Crippen LogP contribution < -0.4 is 5.32 Å².